The van der Waals surface area contributed by atoms with Crippen molar-refractivity contribution >= 4 is 87.0 Å². The van der Waals surface area contributed by atoms with Crippen LogP contribution in [0.1, 0.15) is 21.9 Å². The molecule has 0 bridgehead atoms. The molecule has 0 aliphatic carbocycles. The molecule has 7 nitrogen and oxygen atoms in total. The Bertz CT molecular complexity index is 1900. The SMILES string of the molecule is O=C(Cn1c2c(sc1=O)[C@@H](c1ccc(Cl)cc1)[C@@H]1C(=O)N(c3cccc(C(F)(F)F)c3)C(=O)[C@@H]1S2)Nc1ccc(Cl)c(Cl)c1. The molecule has 0 spiro atoms. The number of fused-ring (bicyclic) bond motifs is 2. The third kappa shape index (κ3) is 5.54. The number of amides is 3. The van der Waals surface area contributed by atoms with Crippen LogP contribution >= 0.6 is 57.9 Å². The summed E-state index contributed by atoms with van der Waals surface area (Å²) in [6, 6.07) is 15.0. The van der Waals surface area contributed by atoms with Crippen molar-refractivity contribution in [3.8, 4) is 0 Å². The summed E-state index contributed by atoms with van der Waals surface area (Å²) in [5.74, 6) is -3.82. The predicted octanol–water partition coefficient (Wildman–Crippen LogP) is 7.32. The molecule has 1 fully saturated rings. The zero-order valence-electron chi connectivity index (χ0n) is 21.9. The molecular formula is C29H17Cl3F3N3O4S2. The highest BCUT2D eigenvalue weighted by Crippen LogP contribution is 2.54. The zero-order chi connectivity index (χ0) is 31.5. The molecular weight excluding hydrogens is 682 g/mol. The largest absolute Gasteiger partial charge is 0.416 e. The molecule has 0 unspecified atom stereocenters. The quantitative estimate of drug-likeness (QED) is 0.221. The number of alkyl halides is 3. The maximum Gasteiger partial charge on any atom is 0.416 e. The van der Waals surface area contributed by atoms with Gasteiger partial charge < -0.3 is 5.32 Å². The summed E-state index contributed by atoms with van der Waals surface area (Å²) in [6.07, 6.45) is -4.69. The van der Waals surface area contributed by atoms with E-state index in [-0.39, 0.29) is 10.7 Å². The first-order chi connectivity index (χ1) is 20.8. The van der Waals surface area contributed by atoms with Crippen molar-refractivity contribution in [1.29, 1.82) is 0 Å². The van der Waals surface area contributed by atoms with Gasteiger partial charge in [-0.3, -0.25) is 23.7 Å². The van der Waals surface area contributed by atoms with Crippen LogP contribution in [0.4, 0.5) is 24.5 Å². The fraction of sp³-hybridized carbons (Fsp3) is 0.172. The number of carbonyl (C=O) groups excluding carboxylic acids is 3. The Morgan fingerprint density at radius 3 is 2.32 bits per heavy atom. The maximum absolute atomic E-state index is 13.9. The molecule has 1 saturated heterocycles. The van der Waals surface area contributed by atoms with E-state index in [9.17, 15) is 32.3 Å². The third-order valence-corrected chi connectivity index (χ3v) is 10.8. The Labute approximate surface area is 270 Å². The second kappa shape index (κ2) is 11.6. The lowest BCUT2D eigenvalue weighted by atomic mass is 9.83. The van der Waals surface area contributed by atoms with Crippen molar-refractivity contribution in [2.24, 2.45) is 5.92 Å². The third-order valence-electron chi connectivity index (χ3n) is 7.22. The first kappa shape index (κ1) is 30.7. The standard InChI is InChI=1S/C29H17Cl3F3N3O4S2/c30-15-6-4-13(5-7-15)21-22-23(26(41)38(25(22)40)17-3-1-2-14(10-17)29(33,34)35)43-27-24(21)44-28(42)37(27)12-20(39)36-16-8-9-18(31)19(32)11-16/h1-11,21-23H,12H2,(H,36,39)/t21-,22-,23+/m0/s1. The molecule has 6 rings (SSSR count). The normalized spacial score (nSPS) is 19.6. The number of thioether (sulfide) groups is 1. The molecule has 226 valence electrons. The average Bonchev–Trinajstić information content (AvgIpc) is 3.41. The molecule has 0 radical (unpaired) electrons. The van der Waals surface area contributed by atoms with Crippen molar-refractivity contribution < 1.29 is 27.6 Å². The van der Waals surface area contributed by atoms with Crippen molar-refractivity contribution in [3.63, 3.8) is 0 Å². The van der Waals surface area contributed by atoms with Gasteiger partial charge in [-0.25, -0.2) is 4.90 Å². The van der Waals surface area contributed by atoms with Gasteiger partial charge in [-0.05, 0) is 54.1 Å². The zero-order valence-corrected chi connectivity index (χ0v) is 25.8. The molecule has 3 heterocycles. The second-order valence-electron chi connectivity index (χ2n) is 9.95. The topological polar surface area (TPSA) is 88.5 Å². The monoisotopic (exact) mass is 697 g/mol. The van der Waals surface area contributed by atoms with E-state index in [4.69, 9.17) is 34.8 Å². The van der Waals surface area contributed by atoms with Gasteiger partial charge in [0.1, 0.15) is 11.8 Å². The van der Waals surface area contributed by atoms with Crippen molar-refractivity contribution in [2.45, 2.75) is 28.9 Å². The lowest BCUT2D eigenvalue weighted by Crippen LogP contribution is -2.33. The van der Waals surface area contributed by atoms with E-state index in [1.165, 1.54) is 22.8 Å². The Balaban J connectivity index is 1.40. The second-order valence-corrected chi connectivity index (χ2v) is 13.3. The first-order valence-corrected chi connectivity index (χ1v) is 15.6. The lowest BCUT2D eigenvalue weighted by molar-refractivity contribution is -0.137. The van der Waals surface area contributed by atoms with Crippen LogP contribution in [0.25, 0.3) is 0 Å². The van der Waals surface area contributed by atoms with E-state index >= 15 is 0 Å². The molecule has 3 aromatic carbocycles. The minimum atomic E-state index is -4.69. The smallest absolute Gasteiger partial charge is 0.324 e. The Kier molecular flexibility index (Phi) is 8.08. The van der Waals surface area contributed by atoms with Gasteiger partial charge in [-0.1, -0.05) is 76.1 Å². The van der Waals surface area contributed by atoms with Gasteiger partial charge >= 0.3 is 11.0 Å². The fourth-order valence-electron chi connectivity index (χ4n) is 5.28. The summed E-state index contributed by atoms with van der Waals surface area (Å²) in [6.45, 7) is -0.415. The average molecular weight is 699 g/mol. The van der Waals surface area contributed by atoms with E-state index in [2.05, 4.69) is 5.32 Å². The number of anilines is 2. The van der Waals surface area contributed by atoms with Gasteiger partial charge in [-0.2, -0.15) is 13.2 Å². The highest BCUT2D eigenvalue weighted by atomic mass is 35.5. The summed E-state index contributed by atoms with van der Waals surface area (Å²) in [7, 11) is 0. The minimum Gasteiger partial charge on any atom is -0.324 e. The molecule has 15 heteroatoms. The van der Waals surface area contributed by atoms with Crippen LogP contribution in [-0.4, -0.2) is 27.5 Å². The number of hydrogen-bond donors (Lipinski definition) is 1. The Morgan fingerprint density at radius 2 is 1.64 bits per heavy atom. The summed E-state index contributed by atoms with van der Waals surface area (Å²) >= 11 is 19.9. The lowest BCUT2D eigenvalue weighted by Gasteiger charge is -2.30. The number of halogens is 6. The van der Waals surface area contributed by atoms with Gasteiger partial charge in [0.2, 0.25) is 17.7 Å². The van der Waals surface area contributed by atoms with Crippen LogP contribution in [0.5, 0.6) is 0 Å². The molecule has 4 aromatic rings. The van der Waals surface area contributed by atoms with Crippen LogP contribution < -0.4 is 15.1 Å². The highest BCUT2D eigenvalue weighted by molar-refractivity contribution is 8.00. The number of imide groups is 1. The number of nitrogens with zero attached hydrogens (tertiary/aromatic N) is 2. The highest BCUT2D eigenvalue weighted by Gasteiger charge is 2.57. The first-order valence-electron chi connectivity index (χ1n) is 12.8. The van der Waals surface area contributed by atoms with E-state index in [1.54, 1.807) is 30.3 Å². The van der Waals surface area contributed by atoms with Crippen LogP contribution in [0.2, 0.25) is 15.1 Å². The molecule has 3 atom stereocenters. The van der Waals surface area contributed by atoms with E-state index in [1.807, 2.05) is 0 Å². The number of hydrogen-bond acceptors (Lipinski definition) is 6. The Hall–Kier alpha value is -3.29. The molecule has 0 saturated carbocycles. The number of nitrogens with one attached hydrogen (secondary N) is 1. The fourth-order valence-corrected chi connectivity index (χ4v) is 8.48. The molecule has 1 N–H and O–H groups in total. The maximum atomic E-state index is 13.9. The summed E-state index contributed by atoms with van der Waals surface area (Å²) in [5, 5.41) is 2.82. The van der Waals surface area contributed by atoms with E-state index in [0.29, 0.717) is 31.2 Å². The Morgan fingerprint density at radius 1 is 0.909 bits per heavy atom. The summed E-state index contributed by atoms with van der Waals surface area (Å²) in [5.41, 5.74) is -0.289. The number of carbonyl (C=O) groups is 3. The van der Waals surface area contributed by atoms with Gasteiger partial charge in [0.15, 0.2) is 0 Å². The van der Waals surface area contributed by atoms with Crippen molar-refractivity contribution in [2.75, 3.05) is 10.2 Å². The van der Waals surface area contributed by atoms with Crippen LogP contribution in [-0.2, 0) is 27.1 Å². The number of thiazole rings is 1. The number of rotatable bonds is 5. The van der Waals surface area contributed by atoms with E-state index < -0.39 is 58.0 Å². The predicted molar refractivity (Wildman–Crippen MR) is 164 cm³/mol. The molecule has 1 aromatic heterocycles. The molecule has 44 heavy (non-hydrogen) atoms. The number of benzene rings is 3. The van der Waals surface area contributed by atoms with Crippen LogP contribution in [0.3, 0.4) is 0 Å². The van der Waals surface area contributed by atoms with Gasteiger partial charge in [0.25, 0.3) is 0 Å². The van der Waals surface area contributed by atoms with Gasteiger partial charge in [-0.15, -0.1) is 0 Å². The summed E-state index contributed by atoms with van der Waals surface area (Å²) < 4.78 is 41.7. The molecule has 3 amide bonds. The van der Waals surface area contributed by atoms with Crippen LogP contribution in [0.15, 0.2) is 76.6 Å². The van der Waals surface area contributed by atoms with E-state index in [0.717, 1.165) is 46.2 Å². The minimum absolute atomic E-state index is 0.207. The van der Waals surface area contributed by atoms with Gasteiger partial charge in [0.05, 0.1) is 32.2 Å². The van der Waals surface area contributed by atoms with Crippen molar-refractivity contribution in [1.82, 2.24) is 4.57 Å². The summed E-state index contributed by atoms with van der Waals surface area (Å²) in [4.78, 5) is 54.7. The van der Waals surface area contributed by atoms with Crippen molar-refractivity contribution in [3.05, 3.63) is 107 Å². The van der Waals surface area contributed by atoms with Gasteiger partial charge in [0, 0.05) is 21.5 Å². The molecule has 2 aliphatic rings. The molecule has 2 aliphatic heterocycles. The van der Waals surface area contributed by atoms with Crippen LogP contribution in [0, 0.1) is 5.92 Å². The number of aromatic nitrogens is 1.